The van der Waals surface area contributed by atoms with Crippen LogP contribution in [0, 0.1) is 0 Å². The quantitative estimate of drug-likeness (QED) is 0.745. The van der Waals surface area contributed by atoms with E-state index in [1.54, 1.807) is 0 Å². The highest BCUT2D eigenvalue weighted by molar-refractivity contribution is 6.09. The zero-order valence-electron chi connectivity index (χ0n) is 17.1. The van der Waals surface area contributed by atoms with E-state index >= 15 is 0 Å². The Labute approximate surface area is 168 Å². The largest absolute Gasteiger partial charge is 0.335 e. The second-order valence-electron chi connectivity index (χ2n) is 9.35. The third-order valence-corrected chi connectivity index (χ3v) is 7.47. The average molecular weight is 390 g/mol. The first-order valence-corrected chi connectivity index (χ1v) is 11.6. The van der Waals surface area contributed by atoms with Crippen LogP contribution in [0.1, 0.15) is 96.3 Å². The van der Waals surface area contributed by atoms with Crippen LogP contribution in [0.2, 0.25) is 0 Å². The molecule has 1 aliphatic heterocycles. The first kappa shape index (κ1) is 19.7. The van der Waals surface area contributed by atoms with Gasteiger partial charge in [-0.3, -0.25) is 14.5 Å². The fourth-order valence-corrected chi connectivity index (χ4v) is 5.95. The van der Waals surface area contributed by atoms with Gasteiger partial charge in [0.25, 0.3) is 5.91 Å². The van der Waals surface area contributed by atoms with Crippen molar-refractivity contribution in [3.63, 3.8) is 0 Å². The molecule has 0 unspecified atom stereocenters. The molecule has 28 heavy (non-hydrogen) atoms. The van der Waals surface area contributed by atoms with Crippen LogP contribution in [0.25, 0.3) is 0 Å². The molecule has 1 saturated heterocycles. The van der Waals surface area contributed by atoms with Gasteiger partial charge in [-0.25, -0.2) is 4.79 Å². The summed E-state index contributed by atoms with van der Waals surface area (Å²) in [6, 6.07) is 0.204. The van der Waals surface area contributed by atoms with Gasteiger partial charge < -0.3 is 10.2 Å². The minimum atomic E-state index is -0.740. The topological polar surface area (TPSA) is 69.7 Å². The number of nitrogens with one attached hydrogen (secondary N) is 1. The summed E-state index contributed by atoms with van der Waals surface area (Å²) in [6.07, 6.45) is 15.9. The summed E-state index contributed by atoms with van der Waals surface area (Å²) in [6.45, 7) is -0.0839. The number of hydrogen-bond donors (Lipinski definition) is 1. The number of urea groups is 1. The molecule has 4 rings (SSSR count). The third-order valence-electron chi connectivity index (χ3n) is 7.47. The van der Waals surface area contributed by atoms with Crippen molar-refractivity contribution >= 4 is 17.8 Å². The number of carbonyl (C=O) groups excluding carboxylic acids is 3. The second-order valence-corrected chi connectivity index (χ2v) is 9.35. The monoisotopic (exact) mass is 389 g/mol. The van der Waals surface area contributed by atoms with E-state index in [1.165, 1.54) is 43.4 Å². The number of hydrogen-bond acceptors (Lipinski definition) is 3. The number of amides is 4. The highest BCUT2D eigenvalue weighted by atomic mass is 16.2. The lowest BCUT2D eigenvalue weighted by molar-refractivity contribution is -0.143. The summed E-state index contributed by atoms with van der Waals surface area (Å²) in [5.41, 5.74) is -0.740. The summed E-state index contributed by atoms with van der Waals surface area (Å²) >= 11 is 0. The normalized spacial score (nSPS) is 26.5. The predicted molar refractivity (Wildman–Crippen MR) is 107 cm³/mol. The number of imide groups is 1. The highest BCUT2D eigenvalue weighted by Gasteiger charge is 2.52. The van der Waals surface area contributed by atoms with Crippen molar-refractivity contribution in [3.8, 4) is 0 Å². The molecular formula is C22H35N3O3. The van der Waals surface area contributed by atoms with E-state index in [2.05, 4.69) is 10.2 Å². The lowest BCUT2D eigenvalue weighted by atomic mass is 9.82. The lowest BCUT2D eigenvalue weighted by Crippen LogP contribution is -2.53. The van der Waals surface area contributed by atoms with Crippen LogP contribution in [0.15, 0.2) is 0 Å². The predicted octanol–water partition coefficient (Wildman–Crippen LogP) is 3.74. The number of rotatable bonds is 4. The first-order chi connectivity index (χ1) is 13.6. The van der Waals surface area contributed by atoms with Crippen LogP contribution in [0.3, 0.4) is 0 Å². The Hall–Kier alpha value is -1.59. The van der Waals surface area contributed by atoms with Crippen molar-refractivity contribution in [1.82, 2.24) is 15.1 Å². The molecule has 6 nitrogen and oxygen atoms in total. The van der Waals surface area contributed by atoms with E-state index in [0.717, 1.165) is 44.9 Å². The van der Waals surface area contributed by atoms with Crippen molar-refractivity contribution in [2.24, 2.45) is 0 Å². The molecule has 0 radical (unpaired) electrons. The van der Waals surface area contributed by atoms with Gasteiger partial charge in [0.2, 0.25) is 5.91 Å². The van der Waals surface area contributed by atoms with E-state index in [9.17, 15) is 14.4 Å². The molecule has 0 aromatic heterocycles. The van der Waals surface area contributed by atoms with Crippen molar-refractivity contribution in [2.45, 2.75) is 114 Å². The molecule has 156 valence electrons. The first-order valence-electron chi connectivity index (χ1n) is 11.6. The summed E-state index contributed by atoms with van der Waals surface area (Å²) in [7, 11) is 0. The van der Waals surface area contributed by atoms with E-state index < -0.39 is 5.54 Å². The molecule has 3 aliphatic carbocycles. The van der Waals surface area contributed by atoms with Crippen LogP contribution in [-0.4, -0.2) is 51.8 Å². The van der Waals surface area contributed by atoms with Crippen molar-refractivity contribution < 1.29 is 14.4 Å². The standard InChI is InChI=1S/C22H35N3O3/c26-19(16-24-20(27)22(23-21(24)28)14-8-3-9-15-22)25(17-10-4-1-5-11-17)18-12-6-2-7-13-18/h17-18H,1-16H2,(H,23,28). The Morgan fingerprint density at radius 3 is 1.89 bits per heavy atom. The summed E-state index contributed by atoms with van der Waals surface area (Å²) in [4.78, 5) is 42.4. The summed E-state index contributed by atoms with van der Waals surface area (Å²) in [5.74, 6) is -0.187. The SMILES string of the molecule is O=C1NC2(CCCCC2)C(=O)N1CC(=O)N(C1CCCCC1)C1CCCCC1. The Bertz CT molecular complexity index is 584. The molecule has 0 atom stereocenters. The van der Waals surface area contributed by atoms with Gasteiger partial charge in [0.05, 0.1) is 0 Å². The zero-order chi connectivity index (χ0) is 19.6. The highest BCUT2D eigenvalue weighted by Crippen LogP contribution is 2.34. The fourth-order valence-electron chi connectivity index (χ4n) is 5.95. The van der Waals surface area contributed by atoms with Gasteiger partial charge in [0.15, 0.2) is 0 Å². The van der Waals surface area contributed by atoms with Gasteiger partial charge in [0, 0.05) is 12.1 Å². The molecule has 1 heterocycles. The van der Waals surface area contributed by atoms with Gasteiger partial charge in [-0.2, -0.15) is 0 Å². The molecule has 0 aromatic carbocycles. The molecular weight excluding hydrogens is 354 g/mol. The van der Waals surface area contributed by atoms with Crippen molar-refractivity contribution in [2.75, 3.05) is 6.54 Å². The molecule has 1 N–H and O–H groups in total. The average Bonchev–Trinajstić information content (AvgIpc) is 2.94. The number of nitrogens with zero attached hydrogens (tertiary/aromatic N) is 2. The Kier molecular flexibility index (Phi) is 5.93. The lowest BCUT2D eigenvalue weighted by Gasteiger charge is -2.42. The molecule has 4 fully saturated rings. The maximum absolute atomic E-state index is 13.4. The molecule has 0 aromatic rings. The molecule has 0 bridgehead atoms. The minimum absolute atomic E-state index is 0.0184. The molecule has 4 amide bonds. The molecule has 1 spiro atoms. The maximum Gasteiger partial charge on any atom is 0.325 e. The second kappa shape index (κ2) is 8.42. The van der Waals surface area contributed by atoms with Crippen LogP contribution in [-0.2, 0) is 9.59 Å². The van der Waals surface area contributed by atoms with Gasteiger partial charge in [-0.15, -0.1) is 0 Å². The van der Waals surface area contributed by atoms with E-state index in [-0.39, 0.29) is 36.5 Å². The van der Waals surface area contributed by atoms with Crippen LogP contribution in [0.5, 0.6) is 0 Å². The van der Waals surface area contributed by atoms with Crippen molar-refractivity contribution in [1.29, 1.82) is 0 Å². The molecule has 6 heteroatoms. The zero-order valence-corrected chi connectivity index (χ0v) is 17.1. The Morgan fingerprint density at radius 1 is 0.857 bits per heavy atom. The van der Waals surface area contributed by atoms with Gasteiger partial charge in [-0.05, 0) is 38.5 Å². The third kappa shape index (κ3) is 3.79. The Morgan fingerprint density at radius 2 is 1.36 bits per heavy atom. The van der Waals surface area contributed by atoms with Gasteiger partial charge >= 0.3 is 6.03 Å². The summed E-state index contributed by atoms with van der Waals surface area (Å²) < 4.78 is 0. The minimum Gasteiger partial charge on any atom is -0.335 e. The van der Waals surface area contributed by atoms with Crippen molar-refractivity contribution in [3.05, 3.63) is 0 Å². The fraction of sp³-hybridized carbons (Fsp3) is 0.864. The smallest absolute Gasteiger partial charge is 0.325 e. The van der Waals surface area contributed by atoms with Crippen LogP contribution < -0.4 is 5.32 Å². The van der Waals surface area contributed by atoms with E-state index in [0.29, 0.717) is 12.8 Å². The molecule has 4 aliphatic rings. The number of carbonyl (C=O) groups is 3. The van der Waals surface area contributed by atoms with E-state index in [4.69, 9.17) is 0 Å². The Balaban J connectivity index is 1.48. The molecule has 3 saturated carbocycles. The van der Waals surface area contributed by atoms with Gasteiger partial charge in [0.1, 0.15) is 12.1 Å². The van der Waals surface area contributed by atoms with Gasteiger partial charge in [-0.1, -0.05) is 57.8 Å². The maximum atomic E-state index is 13.4. The summed E-state index contributed by atoms with van der Waals surface area (Å²) in [5, 5.41) is 2.94. The van der Waals surface area contributed by atoms with Crippen LogP contribution in [0.4, 0.5) is 4.79 Å². The van der Waals surface area contributed by atoms with Crippen LogP contribution >= 0.6 is 0 Å². The van der Waals surface area contributed by atoms with E-state index in [1.807, 2.05) is 0 Å².